The van der Waals surface area contributed by atoms with Gasteiger partial charge in [0.05, 0.1) is 6.04 Å². The third-order valence-electron chi connectivity index (χ3n) is 2.02. The number of rotatable bonds is 2. The average molecular weight is 217 g/mol. The summed E-state index contributed by atoms with van der Waals surface area (Å²) in [6, 6.07) is 5.95. The number of halogens is 1. The maximum absolute atomic E-state index is 12.6. The second-order valence-electron chi connectivity index (χ2n) is 3.26. The summed E-state index contributed by atoms with van der Waals surface area (Å²) in [5.41, 5.74) is 0.547. The van der Waals surface area contributed by atoms with E-state index in [0.717, 1.165) is 6.04 Å². The van der Waals surface area contributed by atoms with E-state index in [-0.39, 0.29) is 11.8 Å². The van der Waals surface area contributed by atoms with Crippen LogP contribution in [0.4, 0.5) is 14.9 Å². The molecule has 3 nitrogen and oxygen atoms in total. The van der Waals surface area contributed by atoms with Gasteiger partial charge in [0.2, 0.25) is 0 Å². The number of hydrogen-bond acceptors (Lipinski definition) is 1. The van der Waals surface area contributed by atoms with Crippen LogP contribution in [0.1, 0.15) is 0 Å². The van der Waals surface area contributed by atoms with Gasteiger partial charge >= 0.3 is 6.03 Å². The first-order valence-corrected chi connectivity index (χ1v) is 4.79. The summed E-state index contributed by atoms with van der Waals surface area (Å²) in [7, 11) is 0. The molecule has 81 valence electrons. The van der Waals surface area contributed by atoms with Crippen molar-refractivity contribution in [3.63, 3.8) is 0 Å². The highest BCUT2D eigenvalue weighted by Gasteiger charge is 2.18. The molecule has 0 saturated heterocycles. The third-order valence-corrected chi connectivity index (χ3v) is 2.02. The standard InChI is InChI=1S/C12H10FN2O/c13-9-5-7-11(8-6-9)15-12(16)14-10-3-1-2-4-10/h1-8H,(H2,14,15,16). The molecule has 0 unspecified atom stereocenters. The molecule has 1 saturated carbocycles. The molecule has 1 aromatic carbocycles. The highest BCUT2D eigenvalue weighted by atomic mass is 19.1. The fourth-order valence-electron chi connectivity index (χ4n) is 1.28. The number of anilines is 1. The van der Waals surface area contributed by atoms with Crippen LogP contribution in [0.25, 0.3) is 0 Å². The minimum Gasteiger partial charge on any atom is -0.329 e. The summed E-state index contributed by atoms with van der Waals surface area (Å²) in [5, 5.41) is 5.23. The van der Waals surface area contributed by atoms with Gasteiger partial charge in [-0.3, -0.25) is 0 Å². The van der Waals surface area contributed by atoms with Gasteiger partial charge in [-0.2, -0.15) is 0 Å². The fraction of sp³-hybridized carbons (Fsp3) is 0. The molecule has 0 aliphatic heterocycles. The molecule has 16 heavy (non-hydrogen) atoms. The van der Waals surface area contributed by atoms with Crippen molar-refractivity contribution in [2.75, 3.05) is 5.32 Å². The number of urea groups is 1. The number of carbonyl (C=O) groups is 1. The number of hydrogen-bond donors (Lipinski definition) is 2. The number of benzene rings is 1. The largest absolute Gasteiger partial charge is 0.329 e. The van der Waals surface area contributed by atoms with E-state index in [1.54, 1.807) is 12.8 Å². The van der Waals surface area contributed by atoms with Crippen LogP contribution < -0.4 is 10.6 Å². The Morgan fingerprint density at radius 2 is 1.62 bits per heavy atom. The molecule has 2 amide bonds. The topological polar surface area (TPSA) is 41.1 Å². The Morgan fingerprint density at radius 3 is 2.25 bits per heavy atom. The summed E-state index contributed by atoms with van der Waals surface area (Å²) in [6.07, 6.45) is 7.22. The van der Waals surface area contributed by atoms with E-state index in [1.165, 1.54) is 24.3 Å². The minimum atomic E-state index is -0.349. The molecule has 5 radical (unpaired) electrons. The smallest absolute Gasteiger partial charge is 0.319 e. The van der Waals surface area contributed by atoms with Crippen molar-refractivity contribution >= 4 is 11.7 Å². The zero-order valence-electron chi connectivity index (χ0n) is 8.41. The van der Waals surface area contributed by atoms with Gasteiger partial charge in [-0.05, 0) is 49.9 Å². The Labute approximate surface area is 94.0 Å². The predicted molar refractivity (Wildman–Crippen MR) is 59.0 cm³/mol. The highest BCUT2D eigenvalue weighted by molar-refractivity contribution is 5.90. The zero-order chi connectivity index (χ0) is 11.4. The van der Waals surface area contributed by atoms with Gasteiger partial charge in [-0.1, -0.05) is 0 Å². The van der Waals surface area contributed by atoms with E-state index in [1.807, 2.05) is 12.8 Å². The van der Waals surface area contributed by atoms with Gasteiger partial charge in [0, 0.05) is 5.69 Å². The molecule has 0 bridgehead atoms. The van der Waals surface area contributed by atoms with Crippen LogP contribution in [0.2, 0.25) is 0 Å². The van der Waals surface area contributed by atoms with Crippen LogP contribution in [0.3, 0.4) is 0 Å². The molecule has 4 heteroatoms. The van der Waals surface area contributed by atoms with Crippen LogP contribution in [0.15, 0.2) is 24.3 Å². The summed E-state index contributed by atoms with van der Waals surface area (Å²) in [5.74, 6) is -0.331. The van der Waals surface area contributed by atoms with E-state index < -0.39 is 0 Å². The molecular formula is C12H10FN2O. The van der Waals surface area contributed by atoms with Gasteiger partial charge in [0.1, 0.15) is 5.82 Å². The zero-order valence-corrected chi connectivity index (χ0v) is 8.41. The first-order chi connectivity index (χ1) is 7.74. The fourth-order valence-corrected chi connectivity index (χ4v) is 1.28. The predicted octanol–water partition coefficient (Wildman–Crippen LogP) is 2.31. The van der Waals surface area contributed by atoms with Crippen molar-refractivity contribution in [2.45, 2.75) is 0 Å². The Hall–Kier alpha value is -1.58. The first kappa shape index (κ1) is 10.9. The molecule has 0 atom stereocenters. The van der Waals surface area contributed by atoms with Gasteiger partial charge in [-0.15, -0.1) is 0 Å². The van der Waals surface area contributed by atoms with Crippen molar-refractivity contribution in [3.8, 4) is 0 Å². The summed E-state index contributed by atoms with van der Waals surface area (Å²) in [4.78, 5) is 11.4. The van der Waals surface area contributed by atoms with Gasteiger partial charge in [-0.25, -0.2) is 9.18 Å². The number of amides is 2. The van der Waals surface area contributed by atoms with Crippen molar-refractivity contribution in [3.05, 3.63) is 61.8 Å². The molecule has 0 aromatic heterocycles. The lowest BCUT2D eigenvalue weighted by Crippen LogP contribution is -2.31. The summed E-state index contributed by atoms with van der Waals surface area (Å²) in [6.45, 7) is 0. The van der Waals surface area contributed by atoms with Crippen molar-refractivity contribution in [2.24, 2.45) is 0 Å². The van der Waals surface area contributed by atoms with Crippen LogP contribution >= 0.6 is 0 Å². The average Bonchev–Trinajstić information content (AvgIpc) is 2.74. The van der Waals surface area contributed by atoms with Crippen LogP contribution in [-0.4, -0.2) is 6.03 Å². The van der Waals surface area contributed by atoms with Crippen LogP contribution in [-0.2, 0) is 0 Å². The molecule has 1 aromatic rings. The Bertz CT molecular complexity index is 358. The number of carbonyl (C=O) groups excluding carboxylic acids is 1. The van der Waals surface area contributed by atoms with E-state index in [9.17, 15) is 9.18 Å². The molecule has 0 heterocycles. The molecule has 0 spiro atoms. The maximum Gasteiger partial charge on any atom is 0.319 e. The Morgan fingerprint density at radius 1 is 1.00 bits per heavy atom. The lowest BCUT2D eigenvalue weighted by molar-refractivity contribution is 0.253. The normalized spacial score (nSPS) is 16.1. The number of nitrogens with one attached hydrogen (secondary N) is 2. The maximum atomic E-state index is 12.6. The van der Waals surface area contributed by atoms with Crippen molar-refractivity contribution < 1.29 is 9.18 Å². The van der Waals surface area contributed by atoms with Crippen molar-refractivity contribution in [1.82, 2.24) is 5.32 Å². The molecule has 2 rings (SSSR count). The SMILES string of the molecule is O=C(N[C]1[CH][CH][CH][CH]1)Nc1ccc(F)cc1. The Balaban J connectivity index is 1.84. The van der Waals surface area contributed by atoms with Gasteiger partial charge < -0.3 is 10.6 Å². The van der Waals surface area contributed by atoms with Gasteiger partial charge in [0.15, 0.2) is 0 Å². The summed E-state index contributed by atoms with van der Waals surface area (Å²) >= 11 is 0. The van der Waals surface area contributed by atoms with E-state index in [4.69, 9.17) is 0 Å². The minimum absolute atomic E-state index is 0.331. The molecule has 1 aliphatic carbocycles. The van der Waals surface area contributed by atoms with E-state index >= 15 is 0 Å². The highest BCUT2D eigenvalue weighted by Crippen LogP contribution is 2.20. The second-order valence-corrected chi connectivity index (χ2v) is 3.26. The van der Waals surface area contributed by atoms with E-state index in [2.05, 4.69) is 10.6 Å². The first-order valence-electron chi connectivity index (χ1n) is 4.79. The lowest BCUT2D eigenvalue weighted by atomic mass is 10.2. The summed E-state index contributed by atoms with van der Waals surface area (Å²) < 4.78 is 12.6. The molecule has 1 fully saturated rings. The van der Waals surface area contributed by atoms with Gasteiger partial charge in [0.25, 0.3) is 0 Å². The van der Waals surface area contributed by atoms with E-state index in [0.29, 0.717) is 5.69 Å². The second kappa shape index (κ2) is 4.96. The Kier molecular flexibility index (Phi) is 3.39. The van der Waals surface area contributed by atoms with Crippen molar-refractivity contribution in [1.29, 1.82) is 0 Å². The molecule has 1 aliphatic rings. The molecular weight excluding hydrogens is 207 g/mol. The molecule has 2 N–H and O–H groups in total. The van der Waals surface area contributed by atoms with Crippen LogP contribution in [0, 0.1) is 37.5 Å². The monoisotopic (exact) mass is 217 g/mol. The third kappa shape index (κ3) is 2.95. The quantitative estimate of drug-likeness (QED) is 0.784. The lowest BCUT2D eigenvalue weighted by Gasteiger charge is -2.11. The van der Waals surface area contributed by atoms with Crippen LogP contribution in [0.5, 0.6) is 0 Å².